The predicted octanol–water partition coefficient (Wildman–Crippen LogP) is 7.46. The van der Waals surface area contributed by atoms with Crippen molar-refractivity contribution in [2.75, 3.05) is 0 Å². The van der Waals surface area contributed by atoms with E-state index in [-0.39, 0.29) is 16.5 Å². The van der Waals surface area contributed by atoms with Crippen LogP contribution in [0.2, 0.25) is 0 Å². The molecule has 9 heteroatoms. The van der Waals surface area contributed by atoms with Crippen LogP contribution in [0.3, 0.4) is 0 Å². The minimum absolute atomic E-state index is 0. The van der Waals surface area contributed by atoms with Crippen LogP contribution in [0.15, 0.2) is 70.1 Å². The van der Waals surface area contributed by atoms with Crippen molar-refractivity contribution in [2.45, 2.75) is 0 Å². The molecule has 4 aromatic rings. The van der Waals surface area contributed by atoms with E-state index < -0.39 is 0 Å². The second-order valence-electron chi connectivity index (χ2n) is 5.23. The van der Waals surface area contributed by atoms with Crippen LogP contribution < -0.4 is 0 Å². The van der Waals surface area contributed by atoms with Gasteiger partial charge in [0.2, 0.25) is 0 Å². The Labute approximate surface area is 219 Å². The van der Waals surface area contributed by atoms with Crippen molar-refractivity contribution in [2.24, 2.45) is 0 Å². The van der Waals surface area contributed by atoms with Crippen molar-refractivity contribution in [1.29, 1.82) is 0 Å². The first-order valence-electron chi connectivity index (χ1n) is 7.90. The largest absolute Gasteiger partial charge is 0.780 e. The normalized spacial score (nSPS) is 12.1. The fraction of sp³-hybridized carbons (Fsp3) is 0. The Morgan fingerprint density at radius 3 is 0.793 bits per heavy atom. The number of hydrogen-bond acceptors (Lipinski definition) is 8. The average molecular weight is 568 g/mol. The summed E-state index contributed by atoms with van der Waals surface area (Å²) in [7, 11) is 0. The van der Waals surface area contributed by atoms with Crippen LogP contribution in [0.5, 0.6) is 0 Å². The van der Waals surface area contributed by atoms with E-state index in [1.165, 1.54) is 0 Å². The molecule has 154 valence electrons. The molecular weight excluding hydrogens is 555 g/mol. The zero-order valence-electron chi connectivity index (χ0n) is 14.5. The summed E-state index contributed by atoms with van der Waals surface area (Å²) in [6, 6.07) is 16.0. The summed E-state index contributed by atoms with van der Waals surface area (Å²) in [5.74, 6) is 0. The van der Waals surface area contributed by atoms with E-state index in [0.717, 1.165) is 39.1 Å². The standard InChI is InChI=1S/2C10H8S4.Ni/c2*11-9(7-3-1-5-13-7)10(12)8-4-2-6-14-8;/h2*1-6,11-12H;/p-4. The van der Waals surface area contributed by atoms with Gasteiger partial charge in [0.05, 0.1) is 0 Å². The minimum atomic E-state index is 0. The van der Waals surface area contributed by atoms with Gasteiger partial charge < -0.3 is 50.5 Å². The van der Waals surface area contributed by atoms with Gasteiger partial charge in [0, 0.05) is 36.0 Å². The summed E-state index contributed by atoms with van der Waals surface area (Å²) in [6.45, 7) is 0. The van der Waals surface area contributed by atoms with Crippen LogP contribution in [0.1, 0.15) is 19.5 Å². The molecule has 0 unspecified atom stereocenters. The third-order valence-electron chi connectivity index (χ3n) is 3.39. The summed E-state index contributed by atoms with van der Waals surface area (Å²) < 4.78 is 0. The Morgan fingerprint density at radius 2 is 0.655 bits per heavy atom. The Kier molecular flexibility index (Phi) is 10.7. The first kappa shape index (κ1) is 24.9. The number of hydrogen-bond donors (Lipinski definition) is 0. The van der Waals surface area contributed by atoms with Crippen molar-refractivity contribution in [3.63, 3.8) is 0 Å². The molecule has 0 spiro atoms. The molecule has 0 nitrogen and oxygen atoms in total. The fourth-order valence-electron chi connectivity index (χ4n) is 2.08. The van der Waals surface area contributed by atoms with Gasteiger partial charge in [-0.05, 0) is 45.8 Å². The maximum Gasteiger partial charge on any atom is 0.00646 e. The predicted molar refractivity (Wildman–Crippen MR) is 140 cm³/mol. The van der Waals surface area contributed by atoms with E-state index >= 15 is 0 Å². The molecule has 4 rings (SSSR count). The maximum absolute atomic E-state index is 5.32. The smallest absolute Gasteiger partial charge is 0.00646 e. The van der Waals surface area contributed by atoms with Gasteiger partial charge in [-0.1, -0.05) is 24.3 Å². The molecule has 0 N–H and O–H groups in total. The van der Waals surface area contributed by atoms with Crippen LogP contribution in [-0.4, -0.2) is 0 Å². The first-order valence-corrected chi connectivity index (χ1v) is 13.0. The monoisotopic (exact) mass is 566 g/mol. The van der Waals surface area contributed by atoms with Gasteiger partial charge in [-0.3, -0.25) is 0 Å². The van der Waals surface area contributed by atoms with Crippen LogP contribution in [0, 0.1) is 0 Å². The third-order valence-corrected chi connectivity index (χ3v) is 9.41. The van der Waals surface area contributed by atoms with Gasteiger partial charge in [0.1, 0.15) is 0 Å². The van der Waals surface area contributed by atoms with Gasteiger partial charge in [-0.25, -0.2) is 0 Å². The van der Waals surface area contributed by atoms with Crippen molar-refractivity contribution >= 4 is 115 Å². The van der Waals surface area contributed by atoms with Crippen LogP contribution >= 0.6 is 45.3 Å². The molecule has 0 fully saturated rings. The molecule has 0 aliphatic heterocycles. The SMILES string of the molecule is [Ni].[S-]C(=C([S-])c1cccs1)c1cccs1.[S-]C(=C([S-])c1cccs1)c1cccs1. The minimum Gasteiger partial charge on any atom is -0.780 e. The van der Waals surface area contributed by atoms with E-state index in [1.807, 2.05) is 70.1 Å². The van der Waals surface area contributed by atoms with Gasteiger partial charge in [-0.2, -0.15) is 19.6 Å². The number of thiophene rings is 4. The Morgan fingerprint density at radius 1 is 0.448 bits per heavy atom. The van der Waals surface area contributed by atoms with Crippen LogP contribution in [0.4, 0.5) is 0 Å². The van der Waals surface area contributed by atoms with E-state index in [4.69, 9.17) is 50.5 Å². The molecule has 0 aliphatic rings. The molecule has 0 amide bonds. The molecule has 0 aromatic carbocycles. The zero-order valence-corrected chi connectivity index (χ0v) is 22.0. The molecule has 0 atom stereocenters. The summed E-state index contributed by atoms with van der Waals surface area (Å²) in [4.78, 5) is 7.48. The van der Waals surface area contributed by atoms with Crippen molar-refractivity contribution in [1.82, 2.24) is 0 Å². The van der Waals surface area contributed by atoms with Crippen molar-refractivity contribution in [3.8, 4) is 0 Å². The second kappa shape index (κ2) is 12.5. The Bertz CT molecular complexity index is 854. The van der Waals surface area contributed by atoms with Gasteiger partial charge in [0.25, 0.3) is 0 Å². The molecule has 0 bridgehead atoms. The summed E-state index contributed by atoms with van der Waals surface area (Å²) in [5.41, 5.74) is 0. The molecule has 0 saturated carbocycles. The van der Waals surface area contributed by atoms with E-state index in [9.17, 15) is 0 Å². The second-order valence-corrected chi connectivity index (χ2v) is 10.6. The van der Waals surface area contributed by atoms with Crippen LogP contribution in [0.25, 0.3) is 19.6 Å². The molecule has 29 heavy (non-hydrogen) atoms. The topological polar surface area (TPSA) is 0 Å². The summed E-state index contributed by atoms with van der Waals surface area (Å²) >= 11 is 27.8. The molecular formula is C20H12NiS8-4. The van der Waals surface area contributed by atoms with E-state index in [2.05, 4.69) is 0 Å². The summed E-state index contributed by atoms with van der Waals surface area (Å²) in [5, 5.41) is 8.05. The molecule has 0 aliphatic carbocycles. The third kappa shape index (κ3) is 6.82. The average Bonchev–Trinajstić information content (AvgIpc) is 3.54. The molecule has 0 radical (unpaired) electrons. The summed E-state index contributed by atoms with van der Waals surface area (Å²) in [6.07, 6.45) is 0. The zero-order chi connectivity index (χ0) is 19.9. The Hall–Kier alpha value is -0.346. The van der Waals surface area contributed by atoms with Crippen molar-refractivity contribution < 1.29 is 16.5 Å². The van der Waals surface area contributed by atoms with E-state index in [1.54, 1.807) is 45.3 Å². The maximum atomic E-state index is 5.32. The first-order chi connectivity index (χ1) is 13.6. The molecule has 4 heterocycles. The van der Waals surface area contributed by atoms with Crippen molar-refractivity contribution in [3.05, 3.63) is 89.6 Å². The van der Waals surface area contributed by atoms with Gasteiger partial charge >= 0.3 is 0 Å². The molecule has 0 saturated heterocycles. The van der Waals surface area contributed by atoms with Gasteiger partial charge in [-0.15, -0.1) is 45.3 Å². The van der Waals surface area contributed by atoms with E-state index in [0.29, 0.717) is 0 Å². The fourth-order valence-corrected chi connectivity index (χ4v) is 6.31. The van der Waals surface area contributed by atoms with Gasteiger partial charge in [0.15, 0.2) is 0 Å². The Balaban J connectivity index is 0.000000200. The number of rotatable bonds is 4. The van der Waals surface area contributed by atoms with Crippen LogP contribution in [-0.2, 0) is 67.0 Å². The molecule has 4 aromatic heterocycles. The quantitative estimate of drug-likeness (QED) is 0.185.